The maximum Gasteiger partial charge on any atom is 0.259 e. The summed E-state index contributed by atoms with van der Waals surface area (Å²) >= 11 is 6.08. The van der Waals surface area contributed by atoms with Crippen LogP contribution in [-0.4, -0.2) is 18.2 Å². The summed E-state index contributed by atoms with van der Waals surface area (Å²) in [4.78, 5) is 12.0. The van der Waals surface area contributed by atoms with E-state index in [9.17, 15) is 4.79 Å². The average molecular weight is 366 g/mol. The van der Waals surface area contributed by atoms with Crippen molar-refractivity contribution >= 4 is 39.7 Å². The van der Waals surface area contributed by atoms with E-state index in [1.54, 1.807) is 0 Å². The fourth-order valence-electron chi connectivity index (χ4n) is 2.64. The number of halogens is 1. The van der Waals surface area contributed by atoms with Crippen molar-refractivity contribution in [2.24, 2.45) is 5.10 Å². The van der Waals surface area contributed by atoms with Crippen molar-refractivity contribution in [1.29, 1.82) is 0 Å². The number of benzene rings is 3. The van der Waals surface area contributed by atoms with E-state index >= 15 is 0 Å². The van der Waals surface area contributed by atoms with Gasteiger partial charge in [0.2, 0.25) is 0 Å². The second kappa shape index (κ2) is 8.02. The first kappa shape index (κ1) is 18.0. The molecule has 2 N–H and O–H groups in total. The zero-order valence-electron chi connectivity index (χ0n) is 14.7. The minimum absolute atomic E-state index is 0.121. The number of hydrogen-bond acceptors (Lipinski definition) is 3. The molecule has 0 unspecified atom stereocenters. The molecule has 0 aliphatic rings. The predicted octanol–water partition coefficient (Wildman–Crippen LogP) is 4.75. The van der Waals surface area contributed by atoms with Crippen LogP contribution in [0.2, 0.25) is 5.02 Å². The van der Waals surface area contributed by atoms with Gasteiger partial charge in [0.05, 0.1) is 12.3 Å². The number of hydrogen-bond donors (Lipinski definition) is 2. The average Bonchev–Trinajstić information content (AvgIpc) is 2.66. The Morgan fingerprint density at radius 3 is 2.62 bits per heavy atom. The van der Waals surface area contributed by atoms with E-state index in [4.69, 9.17) is 11.6 Å². The maximum atomic E-state index is 12.0. The van der Waals surface area contributed by atoms with Crippen LogP contribution >= 0.6 is 11.6 Å². The summed E-state index contributed by atoms with van der Waals surface area (Å²) in [6.07, 6.45) is 0. The Morgan fingerprint density at radius 2 is 1.81 bits per heavy atom. The zero-order valence-corrected chi connectivity index (χ0v) is 15.5. The number of nitrogens with one attached hydrogen (secondary N) is 2. The smallest absolute Gasteiger partial charge is 0.259 e. The number of fused-ring (bicyclic) bond motifs is 1. The largest absolute Gasteiger partial charge is 0.376 e. The molecule has 3 aromatic rings. The van der Waals surface area contributed by atoms with E-state index < -0.39 is 0 Å². The third kappa shape index (κ3) is 4.21. The molecule has 132 valence electrons. The van der Waals surface area contributed by atoms with Gasteiger partial charge in [-0.2, -0.15) is 5.10 Å². The lowest BCUT2D eigenvalue weighted by molar-refractivity contribution is -0.119. The highest BCUT2D eigenvalue weighted by molar-refractivity contribution is 6.31. The van der Waals surface area contributed by atoms with E-state index in [-0.39, 0.29) is 12.5 Å². The molecule has 1 amide bonds. The molecule has 0 aliphatic carbocycles. The lowest BCUT2D eigenvalue weighted by atomic mass is 10.0. The summed E-state index contributed by atoms with van der Waals surface area (Å²) in [5, 5.41) is 10.3. The van der Waals surface area contributed by atoms with Crippen molar-refractivity contribution in [2.45, 2.75) is 13.8 Å². The third-order valence-electron chi connectivity index (χ3n) is 4.22. The van der Waals surface area contributed by atoms with Crippen LogP contribution in [0.5, 0.6) is 0 Å². The molecule has 0 spiro atoms. The topological polar surface area (TPSA) is 53.5 Å². The highest BCUT2D eigenvalue weighted by atomic mass is 35.5. The molecule has 5 heteroatoms. The molecule has 0 bridgehead atoms. The molecule has 0 heterocycles. The first-order valence-electron chi connectivity index (χ1n) is 8.36. The third-order valence-corrected chi connectivity index (χ3v) is 4.63. The van der Waals surface area contributed by atoms with Gasteiger partial charge in [0.1, 0.15) is 0 Å². The molecule has 0 atom stereocenters. The summed E-state index contributed by atoms with van der Waals surface area (Å²) in [5.41, 5.74) is 6.06. The van der Waals surface area contributed by atoms with Gasteiger partial charge in [-0.3, -0.25) is 4.79 Å². The molecule has 0 saturated heterocycles. The van der Waals surface area contributed by atoms with Crippen molar-refractivity contribution in [1.82, 2.24) is 5.43 Å². The number of carbonyl (C=O) groups is 1. The Bertz CT molecular complexity index is 982. The van der Waals surface area contributed by atoms with Gasteiger partial charge in [0.25, 0.3) is 5.91 Å². The van der Waals surface area contributed by atoms with E-state index in [0.29, 0.717) is 5.02 Å². The number of nitrogens with zero attached hydrogens (tertiary/aromatic N) is 1. The van der Waals surface area contributed by atoms with Crippen molar-refractivity contribution in [3.05, 3.63) is 76.8 Å². The second-order valence-corrected chi connectivity index (χ2v) is 6.47. The molecule has 0 saturated carbocycles. The van der Waals surface area contributed by atoms with Crippen LogP contribution in [0.1, 0.15) is 18.1 Å². The van der Waals surface area contributed by atoms with Crippen LogP contribution in [0, 0.1) is 6.92 Å². The van der Waals surface area contributed by atoms with E-state index in [1.807, 2.05) is 50.2 Å². The Kier molecular flexibility index (Phi) is 5.54. The van der Waals surface area contributed by atoms with Crippen LogP contribution in [0.25, 0.3) is 10.8 Å². The molecule has 3 aromatic carbocycles. The Hall–Kier alpha value is -2.85. The van der Waals surface area contributed by atoms with Crippen LogP contribution in [0.4, 0.5) is 5.69 Å². The van der Waals surface area contributed by atoms with Crippen LogP contribution in [-0.2, 0) is 4.79 Å². The molecule has 0 fully saturated rings. The molecule has 0 aromatic heterocycles. The maximum absolute atomic E-state index is 12.0. The Labute approximate surface area is 157 Å². The van der Waals surface area contributed by atoms with Crippen LogP contribution < -0.4 is 10.7 Å². The van der Waals surface area contributed by atoms with Crippen molar-refractivity contribution in [3.63, 3.8) is 0 Å². The lowest BCUT2D eigenvalue weighted by Crippen LogP contribution is -2.27. The summed E-state index contributed by atoms with van der Waals surface area (Å²) < 4.78 is 0. The standard InChI is InChI=1S/C21H20ClN3O/c1-14-19(22)8-5-9-20(14)23-13-21(26)25-24-15(2)17-11-10-16-6-3-4-7-18(16)12-17/h3-12,23H,13H2,1-2H3,(H,25,26)/b24-15+. The second-order valence-electron chi connectivity index (χ2n) is 6.06. The highest BCUT2D eigenvalue weighted by Gasteiger charge is 2.05. The summed E-state index contributed by atoms with van der Waals surface area (Å²) in [5.74, 6) is -0.218. The number of amides is 1. The first-order chi connectivity index (χ1) is 12.5. The van der Waals surface area contributed by atoms with E-state index in [1.165, 1.54) is 5.39 Å². The van der Waals surface area contributed by atoms with Gasteiger partial charge in [-0.15, -0.1) is 0 Å². The normalized spacial score (nSPS) is 11.4. The Balaban J connectivity index is 1.62. The van der Waals surface area contributed by atoms with Gasteiger partial charge >= 0.3 is 0 Å². The van der Waals surface area contributed by atoms with Crippen molar-refractivity contribution in [3.8, 4) is 0 Å². The van der Waals surface area contributed by atoms with E-state index in [0.717, 1.165) is 27.9 Å². The predicted molar refractivity (Wildman–Crippen MR) is 109 cm³/mol. The highest BCUT2D eigenvalue weighted by Crippen LogP contribution is 2.22. The van der Waals surface area contributed by atoms with Crippen molar-refractivity contribution in [2.75, 3.05) is 11.9 Å². The summed E-state index contributed by atoms with van der Waals surface area (Å²) in [6, 6.07) is 19.8. The van der Waals surface area contributed by atoms with Crippen LogP contribution in [0.3, 0.4) is 0 Å². The van der Waals surface area contributed by atoms with Gasteiger partial charge in [-0.25, -0.2) is 5.43 Å². The first-order valence-corrected chi connectivity index (χ1v) is 8.73. The van der Waals surface area contributed by atoms with Crippen LogP contribution in [0.15, 0.2) is 65.8 Å². The fourth-order valence-corrected chi connectivity index (χ4v) is 2.81. The summed E-state index contributed by atoms with van der Waals surface area (Å²) in [7, 11) is 0. The minimum Gasteiger partial charge on any atom is -0.376 e. The van der Waals surface area contributed by atoms with Gasteiger partial charge in [-0.05, 0) is 53.9 Å². The molecule has 26 heavy (non-hydrogen) atoms. The van der Waals surface area contributed by atoms with Gasteiger partial charge in [-0.1, -0.05) is 54.1 Å². The SMILES string of the molecule is C/C(=N\NC(=O)CNc1cccc(Cl)c1C)c1ccc2ccccc2c1. The van der Waals surface area contributed by atoms with Crippen molar-refractivity contribution < 1.29 is 4.79 Å². The fraction of sp³-hybridized carbons (Fsp3) is 0.143. The monoisotopic (exact) mass is 365 g/mol. The molecule has 0 radical (unpaired) electrons. The summed E-state index contributed by atoms with van der Waals surface area (Å²) in [6.45, 7) is 3.90. The van der Waals surface area contributed by atoms with Gasteiger partial charge < -0.3 is 5.32 Å². The Morgan fingerprint density at radius 1 is 1.04 bits per heavy atom. The zero-order chi connectivity index (χ0) is 18.5. The number of carbonyl (C=O) groups excluding carboxylic acids is 1. The lowest BCUT2D eigenvalue weighted by Gasteiger charge is -2.10. The molecule has 0 aliphatic heterocycles. The van der Waals surface area contributed by atoms with Gasteiger partial charge in [0.15, 0.2) is 0 Å². The van der Waals surface area contributed by atoms with Gasteiger partial charge in [0, 0.05) is 10.7 Å². The van der Waals surface area contributed by atoms with E-state index in [2.05, 4.69) is 40.1 Å². The molecule has 3 rings (SSSR count). The molecular formula is C21H20ClN3O. The quantitative estimate of drug-likeness (QED) is 0.506. The number of hydrazone groups is 1. The number of rotatable bonds is 5. The number of anilines is 1. The minimum atomic E-state index is -0.218. The molecular weight excluding hydrogens is 346 g/mol. The molecule has 4 nitrogen and oxygen atoms in total.